The van der Waals surface area contributed by atoms with Crippen LogP contribution in [-0.2, 0) is 12.8 Å². The van der Waals surface area contributed by atoms with Gasteiger partial charge in [0.1, 0.15) is 0 Å². The quantitative estimate of drug-likeness (QED) is 0.773. The van der Waals surface area contributed by atoms with Gasteiger partial charge in [0.25, 0.3) is 0 Å². The number of hydrogen-bond donors (Lipinski definition) is 2. The predicted octanol–water partition coefficient (Wildman–Crippen LogP) is 3.06. The van der Waals surface area contributed by atoms with E-state index in [2.05, 4.69) is 32.9 Å². The van der Waals surface area contributed by atoms with E-state index in [1.54, 1.807) is 0 Å². The van der Waals surface area contributed by atoms with E-state index in [0.717, 1.165) is 6.42 Å². The van der Waals surface area contributed by atoms with Gasteiger partial charge in [-0.05, 0) is 30.7 Å². The van der Waals surface area contributed by atoms with Gasteiger partial charge in [-0.15, -0.1) is 0 Å². The first-order valence-electron chi connectivity index (χ1n) is 9.02. The van der Waals surface area contributed by atoms with Crippen LogP contribution >= 0.6 is 0 Å². The number of nitrogens with zero attached hydrogens (tertiary/aromatic N) is 2. The van der Waals surface area contributed by atoms with Crippen molar-refractivity contribution in [3.05, 3.63) is 47.6 Å². The summed E-state index contributed by atoms with van der Waals surface area (Å²) in [6.07, 6.45) is 3.80. The number of hydrogen-bond acceptors (Lipinski definition) is 4. The Morgan fingerprint density at radius 1 is 1.28 bits per heavy atom. The summed E-state index contributed by atoms with van der Waals surface area (Å²) in [6.45, 7) is 4.52. The number of amides is 2. The topological polar surface area (TPSA) is 80.0 Å². The molecule has 1 atom stereocenters. The third kappa shape index (κ3) is 5.31. The Hall–Kier alpha value is -2.37. The molecule has 1 heterocycles. The lowest BCUT2D eigenvalue weighted by Gasteiger charge is -2.18. The molecular weight excluding hydrogens is 316 g/mol. The average molecular weight is 342 g/mol. The molecular formula is C19H26N4O2. The molecule has 1 unspecified atom stereocenters. The van der Waals surface area contributed by atoms with Crippen molar-refractivity contribution in [3.8, 4) is 0 Å². The highest BCUT2D eigenvalue weighted by Crippen LogP contribution is 2.34. The van der Waals surface area contributed by atoms with Gasteiger partial charge in [0.15, 0.2) is 5.82 Å². The van der Waals surface area contributed by atoms with Gasteiger partial charge < -0.3 is 15.2 Å². The predicted molar refractivity (Wildman–Crippen MR) is 95.3 cm³/mol. The molecule has 1 aliphatic carbocycles. The number of rotatable bonds is 8. The highest BCUT2D eigenvalue weighted by atomic mass is 16.5. The highest BCUT2D eigenvalue weighted by Gasteiger charge is 2.32. The van der Waals surface area contributed by atoms with Crippen LogP contribution in [0.1, 0.15) is 49.9 Å². The molecule has 0 saturated heterocycles. The second kappa shape index (κ2) is 8.14. The molecule has 25 heavy (non-hydrogen) atoms. The van der Waals surface area contributed by atoms with Crippen molar-refractivity contribution in [2.45, 2.75) is 51.5 Å². The SMILES string of the molecule is CC(C)c1noc(CCNC(=O)NC(Cc2ccccc2)C2CC2)n1. The van der Waals surface area contributed by atoms with Gasteiger partial charge in [0.05, 0.1) is 0 Å². The monoisotopic (exact) mass is 342 g/mol. The summed E-state index contributed by atoms with van der Waals surface area (Å²) in [4.78, 5) is 16.5. The molecule has 1 aromatic carbocycles. The lowest BCUT2D eigenvalue weighted by atomic mass is 10.0. The van der Waals surface area contributed by atoms with Gasteiger partial charge in [-0.3, -0.25) is 0 Å². The minimum absolute atomic E-state index is 0.128. The van der Waals surface area contributed by atoms with Crippen molar-refractivity contribution in [3.63, 3.8) is 0 Å². The Labute approximate surface area is 148 Å². The number of urea groups is 1. The fourth-order valence-corrected chi connectivity index (χ4v) is 2.81. The van der Waals surface area contributed by atoms with Gasteiger partial charge in [-0.1, -0.05) is 49.3 Å². The zero-order valence-corrected chi connectivity index (χ0v) is 14.9. The zero-order valence-electron chi connectivity index (χ0n) is 14.9. The maximum atomic E-state index is 12.2. The molecule has 1 aliphatic rings. The van der Waals surface area contributed by atoms with E-state index in [4.69, 9.17) is 4.52 Å². The Morgan fingerprint density at radius 2 is 2.04 bits per heavy atom. The van der Waals surface area contributed by atoms with Crippen LogP contribution in [-0.4, -0.2) is 28.8 Å². The van der Waals surface area contributed by atoms with Gasteiger partial charge in [-0.25, -0.2) is 4.79 Å². The van der Waals surface area contributed by atoms with Crippen molar-refractivity contribution in [1.29, 1.82) is 0 Å². The molecule has 6 nitrogen and oxygen atoms in total. The molecule has 1 fully saturated rings. The van der Waals surface area contributed by atoms with Crippen LogP contribution in [0.25, 0.3) is 0 Å². The minimum Gasteiger partial charge on any atom is -0.339 e. The van der Waals surface area contributed by atoms with Gasteiger partial charge in [0, 0.05) is 24.9 Å². The summed E-state index contributed by atoms with van der Waals surface area (Å²) in [5.41, 5.74) is 1.26. The van der Waals surface area contributed by atoms with Crippen molar-refractivity contribution >= 4 is 6.03 Å². The Kier molecular flexibility index (Phi) is 5.68. The van der Waals surface area contributed by atoms with E-state index in [1.165, 1.54) is 18.4 Å². The van der Waals surface area contributed by atoms with Crippen LogP contribution in [0, 0.1) is 5.92 Å². The lowest BCUT2D eigenvalue weighted by molar-refractivity contribution is 0.235. The Bertz CT molecular complexity index is 680. The van der Waals surface area contributed by atoms with E-state index in [1.807, 2.05) is 32.0 Å². The maximum Gasteiger partial charge on any atom is 0.315 e. The largest absolute Gasteiger partial charge is 0.339 e. The van der Waals surface area contributed by atoms with Crippen LogP contribution in [0.5, 0.6) is 0 Å². The third-order valence-corrected chi connectivity index (χ3v) is 4.43. The maximum absolute atomic E-state index is 12.2. The van der Waals surface area contributed by atoms with Crippen molar-refractivity contribution in [2.24, 2.45) is 5.92 Å². The van der Waals surface area contributed by atoms with Crippen LogP contribution in [0.2, 0.25) is 0 Å². The third-order valence-electron chi connectivity index (χ3n) is 4.43. The number of nitrogens with one attached hydrogen (secondary N) is 2. The number of aromatic nitrogens is 2. The number of carbonyl (C=O) groups excluding carboxylic acids is 1. The van der Waals surface area contributed by atoms with Crippen molar-refractivity contribution in [2.75, 3.05) is 6.54 Å². The summed E-state index contributed by atoms with van der Waals surface area (Å²) in [6, 6.07) is 10.4. The number of carbonyl (C=O) groups is 1. The van der Waals surface area contributed by atoms with Crippen LogP contribution in [0.15, 0.2) is 34.9 Å². The molecule has 0 spiro atoms. The molecule has 1 saturated carbocycles. The normalized spacial score (nSPS) is 15.2. The standard InChI is InChI=1S/C19H26N4O2/c1-13(2)18-22-17(25-23-18)10-11-20-19(24)21-16(15-8-9-15)12-14-6-4-3-5-7-14/h3-7,13,15-16H,8-12H2,1-2H3,(H2,20,21,24). The summed E-state index contributed by atoms with van der Waals surface area (Å²) in [5.74, 6) is 2.10. The van der Waals surface area contributed by atoms with E-state index in [9.17, 15) is 4.79 Å². The van der Waals surface area contributed by atoms with E-state index < -0.39 is 0 Å². The summed E-state index contributed by atoms with van der Waals surface area (Å²) in [5, 5.41) is 9.94. The molecule has 0 bridgehead atoms. The Morgan fingerprint density at radius 3 is 2.68 bits per heavy atom. The second-order valence-corrected chi connectivity index (χ2v) is 6.98. The first-order valence-corrected chi connectivity index (χ1v) is 9.02. The first kappa shape index (κ1) is 17.5. The lowest BCUT2D eigenvalue weighted by Crippen LogP contribution is -2.44. The molecule has 2 N–H and O–H groups in total. The highest BCUT2D eigenvalue weighted by molar-refractivity contribution is 5.74. The molecule has 6 heteroatoms. The summed E-state index contributed by atoms with van der Waals surface area (Å²) < 4.78 is 5.18. The van der Waals surface area contributed by atoms with Gasteiger partial charge in [0.2, 0.25) is 5.89 Å². The second-order valence-electron chi connectivity index (χ2n) is 6.98. The summed E-state index contributed by atoms with van der Waals surface area (Å²) >= 11 is 0. The fraction of sp³-hybridized carbons (Fsp3) is 0.526. The van der Waals surface area contributed by atoms with Crippen LogP contribution in [0.4, 0.5) is 4.79 Å². The van der Waals surface area contributed by atoms with Crippen molar-refractivity contribution < 1.29 is 9.32 Å². The van der Waals surface area contributed by atoms with Crippen LogP contribution < -0.4 is 10.6 Å². The zero-order chi connectivity index (χ0) is 17.6. The molecule has 0 aliphatic heterocycles. The minimum atomic E-state index is -0.128. The van der Waals surface area contributed by atoms with Crippen molar-refractivity contribution in [1.82, 2.24) is 20.8 Å². The molecule has 1 aromatic heterocycles. The summed E-state index contributed by atoms with van der Waals surface area (Å²) in [7, 11) is 0. The molecule has 134 valence electrons. The fourth-order valence-electron chi connectivity index (χ4n) is 2.81. The molecule has 3 rings (SSSR count). The molecule has 2 amide bonds. The average Bonchev–Trinajstić information content (AvgIpc) is 3.34. The van der Waals surface area contributed by atoms with Crippen LogP contribution in [0.3, 0.4) is 0 Å². The Balaban J connectivity index is 1.43. The van der Waals surface area contributed by atoms with Gasteiger partial charge >= 0.3 is 6.03 Å². The first-order chi connectivity index (χ1) is 12.1. The van der Waals surface area contributed by atoms with E-state index in [-0.39, 0.29) is 18.0 Å². The van der Waals surface area contributed by atoms with E-state index in [0.29, 0.717) is 30.6 Å². The molecule has 0 radical (unpaired) electrons. The van der Waals surface area contributed by atoms with Gasteiger partial charge in [-0.2, -0.15) is 4.98 Å². The van der Waals surface area contributed by atoms with E-state index >= 15 is 0 Å². The molecule has 2 aromatic rings. The number of benzene rings is 1. The smallest absolute Gasteiger partial charge is 0.315 e.